The van der Waals surface area contributed by atoms with E-state index < -0.39 is 0 Å². The van der Waals surface area contributed by atoms with Gasteiger partial charge in [-0.1, -0.05) is 54.1 Å². The number of hydrogen-bond donors (Lipinski definition) is 2. The van der Waals surface area contributed by atoms with Crippen molar-refractivity contribution in [3.63, 3.8) is 0 Å². The van der Waals surface area contributed by atoms with Gasteiger partial charge in [-0.25, -0.2) is 0 Å². The molecule has 2 N–H and O–H groups in total. The van der Waals surface area contributed by atoms with Crippen LogP contribution in [0.4, 0.5) is 0 Å². The van der Waals surface area contributed by atoms with E-state index in [4.69, 9.17) is 16.3 Å². The van der Waals surface area contributed by atoms with Crippen LogP contribution in [-0.4, -0.2) is 25.1 Å². The largest absolute Gasteiger partial charge is 0.372 e. The van der Waals surface area contributed by atoms with Crippen LogP contribution in [0.5, 0.6) is 0 Å². The first kappa shape index (κ1) is 17.0. The van der Waals surface area contributed by atoms with Crippen LogP contribution < -0.4 is 10.6 Å². The molecule has 2 aromatic carbocycles. The van der Waals surface area contributed by atoms with Crippen LogP contribution in [0.3, 0.4) is 0 Å². The van der Waals surface area contributed by atoms with Gasteiger partial charge in [-0.2, -0.15) is 0 Å². The zero-order valence-corrected chi connectivity index (χ0v) is 14.1. The lowest BCUT2D eigenvalue weighted by Gasteiger charge is -2.20. The van der Waals surface area contributed by atoms with E-state index in [1.165, 1.54) is 0 Å². The first-order valence-electron chi connectivity index (χ1n) is 8.13. The SMILES string of the molecule is O=C(CNC1CCOC1c1ccc(Cl)cc1)NCc1ccccc1. The Labute approximate surface area is 147 Å². The van der Waals surface area contributed by atoms with Crippen molar-refractivity contribution >= 4 is 17.5 Å². The second kappa shape index (κ2) is 8.29. The summed E-state index contributed by atoms with van der Waals surface area (Å²) in [5.74, 6) is -0.0133. The van der Waals surface area contributed by atoms with Crippen LogP contribution in [0.15, 0.2) is 54.6 Å². The molecule has 1 amide bonds. The average Bonchev–Trinajstić information content (AvgIpc) is 3.08. The Morgan fingerprint density at radius 3 is 2.62 bits per heavy atom. The maximum absolute atomic E-state index is 12.0. The molecule has 1 heterocycles. The number of benzene rings is 2. The molecule has 0 radical (unpaired) electrons. The minimum Gasteiger partial charge on any atom is -0.372 e. The first-order valence-corrected chi connectivity index (χ1v) is 8.51. The Kier molecular flexibility index (Phi) is 5.86. The highest BCUT2D eigenvalue weighted by atomic mass is 35.5. The highest BCUT2D eigenvalue weighted by molar-refractivity contribution is 6.30. The van der Waals surface area contributed by atoms with Crippen molar-refractivity contribution in [2.75, 3.05) is 13.2 Å². The maximum atomic E-state index is 12.0. The number of nitrogens with one attached hydrogen (secondary N) is 2. The Morgan fingerprint density at radius 1 is 1.12 bits per heavy atom. The fourth-order valence-corrected chi connectivity index (χ4v) is 2.99. The molecule has 3 rings (SSSR count). The van der Waals surface area contributed by atoms with Crippen molar-refractivity contribution < 1.29 is 9.53 Å². The van der Waals surface area contributed by atoms with E-state index >= 15 is 0 Å². The van der Waals surface area contributed by atoms with Crippen LogP contribution >= 0.6 is 11.6 Å². The lowest BCUT2D eigenvalue weighted by Crippen LogP contribution is -2.40. The molecule has 1 aliphatic heterocycles. The topological polar surface area (TPSA) is 50.4 Å². The summed E-state index contributed by atoms with van der Waals surface area (Å²) < 4.78 is 5.82. The van der Waals surface area contributed by atoms with Gasteiger partial charge in [0.25, 0.3) is 0 Å². The molecule has 1 fully saturated rings. The van der Waals surface area contributed by atoms with E-state index in [0.29, 0.717) is 18.2 Å². The minimum absolute atomic E-state index is 0.0133. The molecule has 0 spiro atoms. The number of rotatable bonds is 6. The number of amides is 1. The second-order valence-corrected chi connectivity index (χ2v) is 6.32. The molecule has 5 heteroatoms. The third-order valence-corrected chi connectivity index (χ3v) is 4.40. The van der Waals surface area contributed by atoms with Crippen LogP contribution in [0, 0.1) is 0 Å². The van der Waals surface area contributed by atoms with Crippen molar-refractivity contribution in [3.8, 4) is 0 Å². The fraction of sp³-hybridized carbons (Fsp3) is 0.316. The van der Waals surface area contributed by atoms with E-state index in [1.807, 2.05) is 54.6 Å². The number of ether oxygens (including phenoxy) is 1. The Hall–Kier alpha value is -1.88. The molecule has 126 valence electrons. The Balaban J connectivity index is 1.48. The van der Waals surface area contributed by atoms with Crippen LogP contribution in [0.25, 0.3) is 0 Å². The number of hydrogen-bond acceptors (Lipinski definition) is 3. The number of halogens is 1. The monoisotopic (exact) mass is 344 g/mol. The first-order chi connectivity index (χ1) is 11.7. The fourth-order valence-electron chi connectivity index (χ4n) is 2.86. The molecule has 0 aromatic heterocycles. The van der Waals surface area contributed by atoms with Crippen molar-refractivity contribution in [3.05, 3.63) is 70.7 Å². The zero-order valence-electron chi connectivity index (χ0n) is 13.4. The lowest BCUT2D eigenvalue weighted by atomic mass is 10.0. The summed E-state index contributed by atoms with van der Waals surface area (Å²) in [6.07, 6.45) is 0.850. The molecule has 2 unspecified atom stereocenters. The summed E-state index contributed by atoms with van der Waals surface area (Å²) in [7, 11) is 0. The highest BCUT2D eigenvalue weighted by Gasteiger charge is 2.29. The summed E-state index contributed by atoms with van der Waals surface area (Å²) in [5, 5.41) is 6.95. The van der Waals surface area contributed by atoms with E-state index in [0.717, 1.165) is 17.5 Å². The number of carbonyl (C=O) groups is 1. The smallest absolute Gasteiger partial charge is 0.234 e. The average molecular weight is 345 g/mol. The van der Waals surface area contributed by atoms with Gasteiger partial charge in [0, 0.05) is 24.2 Å². The predicted molar refractivity (Wildman–Crippen MR) is 94.8 cm³/mol. The van der Waals surface area contributed by atoms with E-state index in [1.54, 1.807) is 0 Å². The highest BCUT2D eigenvalue weighted by Crippen LogP contribution is 2.29. The van der Waals surface area contributed by atoms with E-state index in [9.17, 15) is 4.79 Å². The summed E-state index contributed by atoms with van der Waals surface area (Å²) in [5.41, 5.74) is 2.17. The van der Waals surface area contributed by atoms with Gasteiger partial charge >= 0.3 is 0 Å². The summed E-state index contributed by atoms with van der Waals surface area (Å²) in [6, 6.07) is 17.7. The molecule has 0 bridgehead atoms. The zero-order chi connectivity index (χ0) is 16.8. The summed E-state index contributed by atoms with van der Waals surface area (Å²) in [4.78, 5) is 12.0. The van der Waals surface area contributed by atoms with Crippen LogP contribution in [-0.2, 0) is 16.1 Å². The molecular weight excluding hydrogens is 324 g/mol. The second-order valence-electron chi connectivity index (χ2n) is 5.88. The normalized spacial score (nSPS) is 20.0. The van der Waals surface area contributed by atoms with Crippen molar-refractivity contribution in [1.29, 1.82) is 0 Å². The molecule has 1 saturated heterocycles. The lowest BCUT2D eigenvalue weighted by molar-refractivity contribution is -0.120. The molecule has 24 heavy (non-hydrogen) atoms. The molecule has 4 nitrogen and oxygen atoms in total. The Morgan fingerprint density at radius 2 is 1.88 bits per heavy atom. The van der Waals surface area contributed by atoms with Crippen molar-refractivity contribution in [2.24, 2.45) is 0 Å². The minimum atomic E-state index is -0.0378. The maximum Gasteiger partial charge on any atom is 0.234 e. The third-order valence-electron chi connectivity index (χ3n) is 4.15. The molecule has 0 aliphatic carbocycles. The van der Waals surface area contributed by atoms with Crippen molar-refractivity contribution in [1.82, 2.24) is 10.6 Å². The molecule has 0 saturated carbocycles. The summed E-state index contributed by atoms with van der Waals surface area (Å²) in [6.45, 7) is 1.52. The van der Waals surface area contributed by atoms with Gasteiger partial charge in [-0.05, 0) is 29.7 Å². The molecular formula is C19H21ClN2O2. The van der Waals surface area contributed by atoms with Gasteiger partial charge in [-0.15, -0.1) is 0 Å². The molecule has 2 atom stereocenters. The predicted octanol–water partition coefficient (Wildman–Crippen LogP) is 3.08. The quantitative estimate of drug-likeness (QED) is 0.846. The van der Waals surface area contributed by atoms with Gasteiger partial charge in [-0.3, -0.25) is 4.79 Å². The Bertz CT molecular complexity index is 661. The van der Waals surface area contributed by atoms with E-state index in [2.05, 4.69) is 10.6 Å². The standard InChI is InChI=1S/C19H21ClN2O2/c20-16-8-6-15(7-9-16)19-17(10-11-24-19)21-13-18(23)22-12-14-4-2-1-3-5-14/h1-9,17,19,21H,10-13H2,(H,22,23). The van der Waals surface area contributed by atoms with E-state index in [-0.39, 0.29) is 24.6 Å². The van der Waals surface area contributed by atoms with Gasteiger partial charge < -0.3 is 15.4 Å². The summed E-state index contributed by atoms with van der Waals surface area (Å²) >= 11 is 5.93. The van der Waals surface area contributed by atoms with Gasteiger partial charge in [0.15, 0.2) is 0 Å². The van der Waals surface area contributed by atoms with Gasteiger partial charge in [0.2, 0.25) is 5.91 Å². The van der Waals surface area contributed by atoms with Gasteiger partial charge in [0.1, 0.15) is 0 Å². The van der Waals surface area contributed by atoms with Gasteiger partial charge in [0.05, 0.1) is 12.6 Å². The van der Waals surface area contributed by atoms with Crippen LogP contribution in [0.2, 0.25) is 5.02 Å². The van der Waals surface area contributed by atoms with Crippen molar-refractivity contribution in [2.45, 2.75) is 25.1 Å². The third kappa shape index (κ3) is 4.57. The molecule has 2 aromatic rings. The van der Waals surface area contributed by atoms with Crippen LogP contribution in [0.1, 0.15) is 23.7 Å². The molecule has 1 aliphatic rings. The number of carbonyl (C=O) groups excluding carboxylic acids is 1.